The number of methoxy groups -OCH3 is 1. The molecule has 0 aliphatic carbocycles. The van der Waals surface area contributed by atoms with E-state index in [1.54, 1.807) is 7.11 Å². The van der Waals surface area contributed by atoms with Gasteiger partial charge in [-0.05, 0) is 31.2 Å². The molecule has 0 bridgehead atoms. The van der Waals surface area contributed by atoms with E-state index in [1.165, 1.54) is 11.3 Å². The first-order valence-electron chi connectivity index (χ1n) is 8.36. The molecule has 1 aliphatic heterocycles. The first-order chi connectivity index (χ1) is 11.3. The van der Waals surface area contributed by atoms with Gasteiger partial charge >= 0.3 is 0 Å². The van der Waals surface area contributed by atoms with Crippen LogP contribution in [0.2, 0.25) is 0 Å². The Morgan fingerprint density at radius 1 is 1.26 bits per heavy atom. The molecule has 0 spiro atoms. The van der Waals surface area contributed by atoms with E-state index in [0.29, 0.717) is 6.61 Å². The van der Waals surface area contributed by atoms with Gasteiger partial charge in [-0.15, -0.1) is 0 Å². The molecule has 1 N–H and O–H groups in total. The lowest BCUT2D eigenvalue weighted by atomic mass is 10.0. The van der Waals surface area contributed by atoms with Crippen molar-refractivity contribution in [1.29, 1.82) is 0 Å². The van der Waals surface area contributed by atoms with Crippen LogP contribution >= 0.6 is 0 Å². The molecule has 1 aromatic carbocycles. The summed E-state index contributed by atoms with van der Waals surface area (Å²) in [7, 11) is 1.67. The van der Waals surface area contributed by atoms with Crippen molar-refractivity contribution < 1.29 is 9.47 Å². The molecule has 5 nitrogen and oxygen atoms in total. The summed E-state index contributed by atoms with van der Waals surface area (Å²) in [6.45, 7) is 8.10. The molecule has 1 aromatic heterocycles. The molecule has 5 heteroatoms. The van der Waals surface area contributed by atoms with Crippen LogP contribution in [0, 0.1) is 0 Å². The van der Waals surface area contributed by atoms with Crippen LogP contribution in [-0.4, -0.2) is 41.9 Å². The smallest absolute Gasteiger partial charge is 0.161 e. The highest BCUT2D eigenvalue weighted by molar-refractivity contribution is 5.68. The molecular formula is C18H25N3O2. The van der Waals surface area contributed by atoms with Crippen molar-refractivity contribution in [3.63, 3.8) is 0 Å². The Bertz CT molecular complexity index is 666. The van der Waals surface area contributed by atoms with Crippen LogP contribution in [0.4, 0.5) is 0 Å². The second kappa shape index (κ2) is 7.04. The molecule has 0 amide bonds. The van der Waals surface area contributed by atoms with E-state index in [0.717, 1.165) is 55.2 Å². The lowest BCUT2D eigenvalue weighted by Gasteiger charge is -2.25. The number of fused-ring (bicyclic) bond motifs is 1. The van der Waals surface area contributed by atoms with Gasteiger partial charge in [0, 0.05) is 36.3 Å². The summed E-state index contributed by atoms with van der Waals surface area (Å²) in [4.78, 5) is 2.44. The minimum absolute atomic E-state index is 0.683. The van der Waals surface area contributed by atoms with Crippen LogP contribution in [0.3, 0.4) is 0 Å². The Labute approximate surface area is 137 Å². The zero-order valence-electron chi connectivity index (χ0n) is 14.2. The Balaban J connectivity index is 1.94. The third-order valence-electron chi connectivity index (χ3n) is 4.36. The summed E-state index contributed by atoms with van der Waals surface area (Å²) < 4.78 is 11.2. The fourth-order valence-corrected chi connectivity index (χ4v) is 3.01. The number of likely N-dealkylation sites (N-methyl/N-ethyl adjacent to an activating group) is 1. The standard InChI is InChI=1S/C18H25N3O2/c1-4-10-23-17-11-13(6-7-16(17)22-3)18-14-12-21(5-2)9-8-15(14)19-20-18/h6-7,11H,4-5,8-10,12H2,1-3H3,(H,19,20). The van der Waals surface area contributed by atoms with E-state index in [1.807, 2.05) is 12.1 Å². The van der Waals surface area contributed by atoms with Gasteiger partial charge in [-0.2, -0.15) is 5.10 Å². The highest BCUT2D eigenvalue weighted by atomic mass is 16.5. The molecule has 0 fully saturated rings. The minimum atomic E-state index is 0.683. The molecule has 0 atom stereocenters. The number of nitrogens with zero attached hydrogens (tertiary/aromatic N) is 2. The third-order valence-corrected chi connectivity index (χ3v) is 4.36. The van der Waals surface area contributed by atoms with E-state index in [4.69, 9.17) is 9.47 Å². The normalized spacial score (nSPS) is 14.6. The average molecular weight is 315 g/mol. The Morgan fingerprint density at radius 2 is 2.13 bits per heavy atom. The molecule has 0 saturated carbocycles. The van der Waals surface area contributed by atoms with Gasteiger partial charge in [0.1, 0.15) is 0 Å². The van der Waals surface area contributed by atoms with Gasteiger partial charge in [0.25, 0.3) is 0 Å². The van der Waals surface area contributed by atoms with Crippen molar-refractivity contribution >= 4 is 0 Å². The number of benzene rings is 1. The summed E-state index contributed by atoms with van der Waals surface area (Å²) in [5.41, 5.74) is 4.68. The van der Waals surface area contributed by atoms with Gasteiger partial charge in [0.05, 0.1) is 19.4 Å². The molecule has 0 saturated heterocycles. The van der Waals surface area contributed by atoms with Crippen LogP contribution < -0.4 is 9.47 Å². The molecule has 3 rings (SSSR count). The third kappa shape index (κ3) is 3.20. The number of hydrogen-bond donors (Lipinski definition) is 1. The lowest BCUT2D eigenvalue weighted by molar-refractivity contribution is 0.267. The van der Waals surface area contributed by atoms with Gasteiger partial charge in [0.15, 0.2) is 11.5 Å². The number of aromatic amines is 1. The van der Waals surface area contributed by atoms with Crippen molar-refractivity contribution in [1.82, 2.24) is 15.1 Å². The summed E-state index contributed by atoms with van der Waals surface area (Å²) >= 11 is 0. The zero-order valence-corrected chi connectivity index (χ0v) is 14.2. The largest absolute Gasteiger partial charge is 0.493 e. The molecule has 0 radical (unpaired) electrons. The number of H-pyrrole nitrogens is 1. The van der Waals surface area contributed by atoms with Crippen molar-refractivity contribution in [2.24, 2.45) is 0 Å². The Morgan fingerprint density at radius 3 is 2.87 bits per heavy atom. The van der Waals surface area contributed by atoms with Crippen molar-refractivity contribution in [2.75, 3.05) is 26.8 Å². The number of nitrogens with one attached hydrogen (secondary N) is 1. The SMILES string of the molecule is CCCOc1cc(-c2n[nH]c3c2CN(CC)CC3)ccc1OC. The highest BCUT2D eigenvalue weighted by Gasteiger charge is 2.22. The predicted molar refractivity (Wildman–Crippen MR) is 91.0 cm³/mol. The fourth-order valence-electron chi connectivity index (χ4n) is 3.01. The fraction of sp³-hybridized carbons (Fsp3) is 0.500. The topological polar surface area (TPSA) is 50.4 Å². The van der Waals surface area contributed by atoms with Crippen molar-refractivity contribution in [3.05, 3.63) is 29.5 Å². The quantitative estimate of drug-likeness (QED) is 0.889. The zero-order chi connectivity index (χ0) is 16.2. The summed E-state index contributed by atoms with van der Waals surface area (Å²) in [6.07, 6.45) is 2.00. The first-order valence-corrected chi connectivity index (χ1v) is 8.36. The van der Waals surface area contributed by atoms with Crippen molar-refractivity contribution in [2.45, 2.75) is 33.2 Å². The maximum absolute atomic E-state index is 5.83. The number of aromatic nitrogens is 2. The number of rotatable bonds is 6. The molecule has 23 heavy (non-hydrogen) atoms. The van der Waals surface area contributed by atoms with Crippen LogP contribution in [-0.2, 0) is 13.0 Å². The number of ether oxygens (including phenoxy) is 2. The minimum Gasteiger partial charge on any atom is -0.493 e. The predicted octanol–water partition coefficient (Wildman–Crippen LogP) is 3.25. The molecule has 2 heterocycles. The average Bonchev–Trinajstić information content (AvgIpc) is 3.02. The first kappa shape index (κ1) is 15.9. The molecule has 2 aromatic rings. The van der Waals surface area contributed by atoms with Crippen LogP contribution in [0.5, 0.6) is 11.5 Å². The Hall–Kier alpha value is -2.01. The maximum atomic E-state index is 5.83. The van der Waals surface area contributed by atoms with Crippen LogP contribution in [0.25, 0.3) is 11.3 Å². The van der Waals surface area contributed by atoms with E-state index in [9.17, 15) is 0 Å². The Kier molecular flexibility index (Phi) is 4.86. The van der Waals surface area contributed by atoms with Crippen LogP contribution in [0.15, 0.2) is 18.2 Å². The summed E-state index contributed by atoms with van der Waals surface area (Å²) in [5.74, 6) is 1.55. The monoisotopic (exact) mass is 315 g/mol. The number of hydrogen-bond acceptors (Lipinski definition) is 4. The van der Waals surface area contributed by atoms with E-state index < -0.39 is 0 Å². The van der Waals surface area contributed by atoms with E-state index in [-0.39, 0.29) is 0 Å². The highest BCUT2D eigenvalue weighted by Crippen LogP contribution is 2.35. The molecule has 1 aliphatic rings. The van der Waals surface area contributed by atoms with Gasteiger partial charge < -0.3 is 9.47 Å². The van der Waals surface area contributed by atoms with E-state index >= 15 is 0 Å². The van der Waals surface area contributed by atoms with Gasteiger partial charge in [-0.1, -0.05) is 13.8 Å². The molecule has 124 valence electrons. The summed E-state index contributed by atoms with van der Waals surface area (Å²) in [5, 5.41) is 7.78. The van der Waals surface area contributed by atoms with Gasteiger partial charge in [-0.25, -0.2) is 0 Å². The summed E-state index contributed by atoms with van der Waals surface area (Å²) in [6, 6.07) is 6.05. The lowest BCUT2D eigenvalue weighted by Crippen LogP contribution is -2.30. The maximum Gasteiger partial charge on any atom is 0.161 e. The van der Waals surface area contributed by atoms with Crippen LogP contribution in [0.1, 0.15) is 31.5 Å². The molecule has 0 unspecified atom stereocenters. The van der Waals surface area contributed by atoms with Gasteiger partial charge in [-0.3, -0.25) is 10.00 Å². The van der Waals surface area contributed by atoms with Crippen molar-refractivity contribution in [3.8, 4) is 22.8 Å². The second-order valence-corrected chi connectivity index (χ2v) is 5.86. The van der Waals surface area contributed by atoms with E-state index in [2.05, 4.69) is 35.0 Å². The second-order valence-electron chi connectivity index (χ2n) is 5.86. The molecular weight excluding hydrogens is 290 g/mol. The van der Waals surface area contributed by atoms with Gasteiger partial charge in [0.2, 0.25) is 0 Å².